The van der Waals surface area contributed by atoms with E-state index in [-0.39, 0.29) is 35.2 Å². The van der Waals surface area contributed by atoms with Gasteiger partial charge in [0.05, 0.1) is 23.9 Å². The maximum Gasteiger partial charge on any atom is 0.418 e. The minimum absolute atomic E-state index is 0. The molecule has 0 saturated heterocycles. The number of nitrogens with two attached hydrogens (primary N) is 1. The Labute approximate surface area is 130 Å². The van der Waals surface area contributed by atoms with Crippen molar-refractivity contribution < 1.29 is 18.3 Å². The number of anilines is 1. The van der Waals surface area contributed by atoms with Crippen molar-refractivity contribution in [3.8, 4) is 0 Å². The molecule has 0 fully saturated rings. The molecule has 1 aromatic rings. The second-order valence-electron chi connectivity index (χ2n) is 4.52. The lowest BCUT2D eigenvalue weighted by Crippen LogP contribution is -2.30. The van der Waals surface area contributed by atoms with Gasteiger partial charge in [-0.3, -0.25) is 0 Å². The van der Waals surface area contributed by atoms with E-state index < -0.39 is 17.8 Å². The summed E-state index contributed by atoms with van der Waals surface area (Å²) in [6.07, 6.45) is -4.53. The van der Waals surface area contributed by atoms with Gasteiger partial charge in [-0.1, -0.05) is 13.8 Å². The van der Waals surface area contributed by atoms with E-state index in [0.717, 1.165) is 6.07 Å². The van der Waals surface area contributed by atoms with Gasteiger partial charge in [-0.05, 0) is 33.6 Å². The summed E-state index contributed by atoms with van der Waals surface area (Å²) in [5.41, 5.74) is 4.52. The number of hydrogen-bond donors (Lipinski definition) is 3. The van der Waals surface area contributed by atoms with E-state index >= 15 is 0 Å². The average Bonchev–Trinajstić information content (AvgIpc) is 2.27. The summed E-state index contributed by atoms with van der Waals surface area (Å²) in [5.74, 6) is 0. The van der Waals surface area contributed by atoms with Crippen molar-refractivity contribution in [2.24, 2.45) is 0 Å². The van der Waals surface area contributed by atoms with Gasteiger partial charge in [-0.15, -0.1) is 12.4 Å². The minimum atomic E-state index is -4.53. The molecule has 20 heavy (non-hydrogen) atoms. The molecule has 4 N–H and O–H groups in total. The second kappa shape index (κ2) is 7.49. The third-order valence-corrected chi connectivity index (χ3v) is 3.23. The van der Waals surface area contributed by atoms with Gasteiger partial charge in [0, 0.05) is 10.5 Å². The van der Waals surface area contributed by atoms with Crippen molar-refractivity contribution in [3.05, 3.63) is 27.7 Å². The van der Waals surface area contributed by atoms with E-state index in [1.807, 2.05) is 13.8 Å². The SMILES string of the molecule is CC(C)NC(CO)c1cc(Br)c(N)c(C(F)(F)F)c1.Cl. The Morgan fingerprint density at radius 3 is 2.30 bits per heavy atom. The molecule has 1 atom stereocenters. The molecule has 0 aromatic heterocycles. The fourth-order valence-corrected chi connectivity index (χ4v) is 2.21. The number of hydrogen-bond acceptors (Lipinski definition) is 3. The van der Waals surface area contributed by atoms with Crippen molar-refractivity contribution in [2.45, 2.75) is 32.1 Å². The summed E-state index contributed by atoms with van der Waals surface area (Å²) in [5, 5.41) is 12.3. The van der Waals surface area contributed by atoms with Crippen molar-refractivity contribution in [2.75, 3.05) is 12.3 Å². The Kier molecular flexibility index (Phi) is 7.30. The Morgan fingerprint density at radius 1 is 1.35 bits per heavy atom. The molecule has 0 aliphatic heterocycles. The zero-order chi connectivity index (χ0) is 14.8. The van der Waals surface area contributed by atoms with Crippen molar-refractivity contribution >= 4 is 34.0 Å². The Balaban J connectivity index is 0.00000361. The van der Waals surface area contributed by atoms with Crippen LogP contribution in [0.2, 0.25) is 0 Å². The van der Waals surface area contributed by atoms with Crippen LogP contribution in [0.1, 0.15) is 31.0 Å². The fraction of sp³-hybridized carbons (Fsp3) is 0.500. The van der Waals surface area contributed by atoms with E-state index in [9.17, 15) is 18.3 Å². The molecule has 116 valence electrons. The predicted octanol–water partition coefficient (Wildman–Crippen LogP) is 3.50. The van der Waals surface area contributed by atoms with Gasteiger partial charge in [-0.2, -0.15) is 13.2 Å². The smallest absolute Gasteiger partial charge is 0.397 e. The summed E-state index contributed by atoms with van der Waals surface area (Å²) in [6.45, 7) is 3.39. The minimum Gasteiger partial charge on any atom is -0.397 e. The normalized spacial score (nSPS) is 13.2. The Morgan fingerprint density at radius 2 is 1.90 bits per heavy atom. The molecule has 0 aliphatic carbocycles. The lowest BCUT2D eigenvalue weighted by Gasteiger charge is -2.22. The maximum atomic E-state index is 12.9. The predicted molar refractivity (Wildman–Crippen MR) is 78.9 cm³/mol. The number of rotatable bonds is 4. The number of benzene rings is 1. The molecule has 1 rings (SSSR count). The van der Waals surface area contributed by atoms with E-state index in [1.165, 1.54) is 6.07 Å². The van der Waals surface area contributed by atoms with Crippen LogP contribution in [0.15, 0.2) is 16.6 Å². The zero-order valence-corrected chi connectivity index (χ0v) is 13.4. The van der Waals surface area contributed by atoms with Crippen LogP contribution >= 0.6 is 28.3 Å². The number of aliphatic hydroxyl groups excluding tert-OH is 1. The number of nitrogens with one attached hydrogen (secondary N) is 1. The van der Waals surface area contributed by atoms with Crippen LogP contribution in [-0.4, -0.2) is 17.8 Å². The topological polar surface area (TPSA) is 58.3 Å². The molecule has 8 heteroatoms. The van der Waals surface area contributed by atoms with Gasteiger partial charge in [0.1, 0.15) is 0 Å². The summed E-state index contributed by atoms with van der Waals surface area (Å²) in [4.78, 5) is 0. The van der Waals surface area contributed by atoms with Gasteiger partial charge in [0.15, 0.2) is 0 Å². The van der Waals surface area contributed by atoms with Crippen LogP contribution in [0, 0.1) is 0 Å². The molecular formula is C12H17BrClF3N2O. The summed E-state index contributed by atoms with van der Waals surface area (Å²) >= 11 is 3.02. The Bertz CT molecular complexity index is 455. The molecule has 1 aromatic carbocycles. The zero-order valence-electron chi connectivity index (χ0n) is 11.0. The third-order valence-electron chi connectivity index (χ3n) is 2.58. The Hall–Kier alpha value is -0.500. The number of nitrogen functional groups attached to an aromatic ring is 1. The first-order valence-electron chi connectivity index (χ1n) is 5.69. The van der Waals surface area contributed by atoms with E-state index in [2.05, 4.69) is 21.2 Å². The first kappa shape index (κ1) is 19.5. The number of halogens is 5. The molecule has 0 radical (unpaired) electrons. The van der Waals surface area contributed by atoms with Crippen LogP contribution in [0.5, 0.6) is 0 Å². The van der Waals surface area contributed by atoms with Gasteiger partial charge in [0.25, 0.3) is 0 Å². The van der Waals surface area contributed by atoms with Crippen LogP contribution < -0.4 is 11.1 Å². The molecule has 1 unspecified atom stereocenters. The lowest BCUT2D eigenvalue weighted by molar-refractivity contribution is -0.137. The van der Waals surface area contributed by atoms with E-state index in [4.69, 9.17) is 5.73 Å². The number of alkyl halides is 3. The van der Waals surface area contributed by atoms with E-state index in [0.29, 0.717) is 5.56 Å². The third kappa shape index (κ3) is 4.80. The van der Waals surface area contributed by atoms with Crippen LogP contribution in [-0.2, 0) is 6.18 Å². The molecule has 3 nitrogen and oxygen atoms in total. The molecule has 0 bridgehead atoms. The van der Waals surface area contributed by atoms with Crippen LogP contribution in [0.25, 0.3) is 0 Å². The highest BCUT2D eigenvalue weighted by atomic mass is 79.9. The first-order chi connectivity index (χ1) is 8.66. The highest BCUT2D eigenvalue weighted by Crippen LogP contribution is 2.39. The van der Waals surface area contributed by atoms with Gasteiger partial charge in [-0.25, -0.2) is 0 Å². The van der Waals surface area contributed by atoms with Crippen molar-refractivity contribution in [1.82, 2.24) is 5.32 Å². The average molecular weight is 378 g/mol. The van der Waals surface area contributed by atoms with E-state index in [1.54, 1.807) is 0 Å². The van der Waals surface area contributed by atoms with Gasteiger partial charge < -0.3 is 16.2 Å². The molecule has 0 amide bonds. The summed E-state index contributed by atoms with van der Waals surface area (Å²) in [6, 6.07) is 1.91. The molecule has 0 aliphatic rings. The molecule has 0 spiro atoms. The molecule has 0 saturated carbocycles. The first-order valence-corrected chi connectivity index (χ1v) is 6.49. The van der Waals surface area contributed by atoms with Gasteiger partial charge in [0.2, 0.25) is 0 Å². The monoisotopic (exact) mass is 376 g/mol. The van der Waals surface area contributed by atoms with Gasteiger partial charge >= 0.3 is 6.18 Å². The van der Waals surface area contributed by atoms with Crippen LogP contribution in [0.3, 0.4) is 0 Å². The van der Waals surface area contributed by atoms with Crippen molar-refractivity contribution in [1.29, 1.82) is 0 Å². The van der Waals surface area contributed by atoms with Crippen LogP contribution in [0.4, 0.5) is 18.9 Å². The standard InChI is InChI=1S/C12H16BrF3N2O.ClH/c1-6(2)18-10(5-19)7-3-8(12(14,15)16)11(17)9(13)4-7;/h3-4,6,10,18-19H,5,17H2,1-2H3;1H. The summed E-state index contributed by atoms with van der Waals surface area (Å²) in [7, 11) is 0. The summed E-state index contributed by atoms with van der Waals surface area (Å²) < 4.78 is 38.7. The highest BCUT2D eigenvalue weighted by molar-refractivity contribution is 9.10. The lowest BCUT2D eigenvalue weighted by atomic mass is 10.0. The van der Waals surface area contributed by atoms with Crippen molar-refractivity contribution in [3.63, 3.8) is 0 Å². The fourth-order valence-electron chi connectivity index (χ4n) is 1.73. The quantitative estimate of drug-likeness (QED) is 0.704. The maximum absolute atomic E-state index is 12.9. The largest absolute Gasteiger partial charge is 0.418 e. The molecule has 0 heterocycles. The molecular weight excluding hydrogens is 360 g/mol. The number of aliphatic hydroxyl groups is 1. The second-order valence-corrected chi connectivity index (χ2v) is 5.37. The highest BCUT2D eigenvalue weighted by Gasteiger charge is 2.34.